The van der Waals surface area contributed by atoms with Gasteiger partial charge in [0.1, 0.15) is 6.26 Å². The molecule has 0 bridgehead atoms. The molecule has 4 nitrogen and oxygen atoms in total. The summed E-state index contributed by atoms with van der Waals surface area (Å²) in [6.45, 7) is 1.28. The molecule has 0 radical (unpaired) electrons. The highest BCUT2D eigenvalue weighted by Crippen LogP contribution is 2.33. The van der Waals surface area contributed by atoms with Crippen LogP contribution in [0.5, 0.6) is 0 Å². The van der Waals surface area contributed by atoms with Crippen LogP contribution >= 0.6 is 0 Å². The van der Waals surface area contributed by atoms with Crippen molar-refractivity contribution in [3.05, 3.63) is 41.8 Å². The highest BCUT2D eigenvalue weighted by molar-refractivity contribution is 5.67. The average molecular weight is 244 g/mol. The maximum Gasteiger partial charge on any atom is 0.131 e. The molecule has 0 fully saturated rings. The molecule has 0 spiro atoms. The fourth-order valence-corrected chi connectivity index (χ4v) is 2.55. The van der Waals surface area contributed by atoms with Crippen LogP contribution in [0.25, 0.3) is 11.1 Å². The lowest BCUT2D eigenvalue weighted by atomic mass is 9.92. The van der Waals surface area contributed by atoms with Crippen molar-refractivity contribution < 1.29 is 9.26 Å². The Kier molecular flexibility index (Phi) is 3.13. The second-order valence-corrected chi connectivity index (χ2v) is 4.49. The number of aromatic nitrogens is 1. The number of benzene rings is 1. The molecule has 2 N–H and O–H groups in total. The van der Waals surface area contributed by atoms with E-state index in [4.69, 9.17) is 15.0 Å². The van der Waals surface area contributed by atoms with Crippen molar-refractivity contribution >= 4 is 0 Å². The Morgan fingerprint density at radius 1 is 1.39 bits per heavy atom. The van der Waals surface area contributed by atoms with Gasteiger partial charge in [0, 0.05) is 18.7 Å². The van der Waals surface area contributed by atoms with Crippen molar-refractivity contribution in [1.29, 1.82) is 0 Å². The molecule has 3 rings (SSSR count). The number of ether oxygens (including phenoxy) is 1. The van der Waals surface area contributed by atoms with Crippen LogP contribution in [-0.2, 0) is 11.2 Å². The molecule has 1 unspecified atom stereocenters. The first-order chi connectivity index (χ1) is 8.90. The summed E-state index contributed by atoms with van der Waals surface area (Å²) < 4.78 is 10.7. The van der Waals surface area contributed by atoms with E-state index >= 15 is 0 Å². The van der Waals surface area contributed by atoms with Crippen molar-refractivity contribution in [3.8, 4) is 11.1 Å². The first kappa shape index (κ1) is 11.4. The van der Waals surface area contributed by atoms with Crippen LogP contribution in [0.15, 0.2) is 35.2 Å². The van der Waals surface area contributed by atoms with Gasteiger partial charge in [0.2, 0.25) is 0 Å². The number of nitrogens with two attached hydrogens (primary N) is 1. The summed E-state index contributed by atoms with van der Waals surface area (Å²) in [6.07, 6.45) is 5.46. The van der Waals surface area contributed by atoms with Crippen LogP contribution in [-0.4, -0.2) is 18.3 Å². The zero-order chi connectivity index (χ0) is 12.4. The molecule has 0 aliphatic carbocycles. The van der Waals surface area contributed by atoms with Gasteiger partial charge in [-0.3, -0.25) is 0 Å². The summed E-state index contributed by atoms with van der Waals surface area (Å²) in [5, 5.41) is 3.78. The third-order valence-electron chi connectivity index (χ3n) is 3.41. The van der Waals surface area contributed by atoms with Gasteiger partial charge >= 0.3 is 0 Å². The summed E-state index contributed by atoms with van der Waals surface area (Å²) in [7, 11) is 0. The molecular formula is C14H16N2O2. The number of fused-ring (bicyclic) bond motifs is 1. The molecule has 1 atom stereocenters. The zero-order valence-electron chi connectivity index (χ0n) is 10.1. The fourth-order valence-electron chi connectivity index (χ4n) is 2.55. The first-order valence-electron chi connectivity index (χ1n) is 6.23. The van der Waals surface area contributed by atoms with Gasteiger partial charge in [-0.25, -0.2) is 0 Å². The first-order valence-corrected chi connectivity index (χ1v) is 6.23. The van der Waals surface area contributed by atoms with E-state index in [1.54, 1.807) is 12.5 Å². The molecule has 1 aliphatic heterocycles. The molecular weight excluding hydrogens is 228 g/mol. The molecule has 4 heteroatoms. The number of rotatable bonds is 2. The van der Waals surface area contributed by atoms with Crippen LogP contribution < -0.4 is 5.73 Å². The van der Waals surface area contributed by atoms with Crippen LogP contribution in [0.3, 0.4) is 0 Å². The standard InChI is InChI=1S/C14H16N2O2/c15-7-14-13-4-1-3-11(10-8-16-18-9-10)12(13)5-2-6-17-14/h1,3-4,8-9,14H,2,5-7,15H2. The second kappa shape index (κ2) is 4.92. The summed E-state index contributed by atoms with van der Waals surface area (Å²) in [4.78, 5) is 0. The van der Waals surface area contributed by atoms with Crippen molar-refractivity contribution in [2.45, 2.75) is 18.9 Å². The van der Waals surface area contributed by atoms with E-state index in [0.29, 0.717) is 6.54 Å². The van der Waals surface area contributed by atoms with E-state index in [-0.39, 0.29) is 6.10 Å². The predicted octanol–water partition coefficient (Wildman–Crippen LogP) is 2.30. The van der Waals surface area contributed by atoms with Crippen LogP contribution in [0.4, 0.5) is 0 Å². The van der Waals surface area contributed by atoms with Gasteiger partial charge in [0.25, 0.3) is 0 Å². The Hall–Kier alpha value is -1.65. The summed E-state index contributed by atoms with van der Waals surface area (Å²) >= 11 is 0. The van der Waals surface area contributed by atoms with Gasteiger partial charge in [-0.2, -0.15) is 0 Å². The van der Waals surface area contributed by atoms with Crippen molar-refractivity contribution in [2.75, 3.05) is 13.2 Å². The van der Waals surface area contributed by atoms with Gasteiger partial charge in [-0.15, -0.1) is 0 Å². The molecule has 0 saturated heterocycles. The number of nitrogens with zero attached hydrogens (tertiary/aromatic N) is 1. The largest absolute Gasteiger partial charge is 0.372 e. The lowest BCUT2D eigenvalue weighted by Gasteiger charge is -2.17. The van der Waals surface area contributed by atoms with Crippen LogP contribution in [0, 0.1) is 0 Å². The monoisotopic (exact) mass is 244 g/mol. The Morgan fingerprint density at radius 3 is 3.11 bits per heavy atom. The maximum atomic E-state index is 5.80. The van der Waals surface area contributed by atoms with Gasteiger partial charge in [-0.1, -0.05) is 23.4 Å². The van der Waals surface area contributed by atoms with Crippen molar-refractivity contribution in [2.24, 2.45) is 5.73 Å². The third-order valence-corrected chi connectivity index (χ3v) is 3.41. The smallest absolute Gasteiger partial charge is 0.131 e. The van der Waals surface area contributed by atoms with E-state index in [2.05, 4.69) is 17.3 Å². The van der Waals surface area contributed by atoms with E-state index in [0.717, 1.165) is 25.0 Å². The summed E-state index contributed by atoms with van der Waals surface area (Å²) in [5.41, 5.74) is 10.5. The summed E-state index contributed by atoms with van der Waals surface area (Å²) in [5.74, 6) is 0. The Balaban J connectivity index is 2.12. The Morgan fingerprint density at radius 2 is 2.33 bits per heavy atom. The minimum absolute atomic E-state index is 0.00214. The maximum absolute atomic E-state index is 5.80. The third kappa shape index (κ3) is 1.94. The highest BCUT2D eigenvalue weighted by Gasteiger charge is 2.20. The highest BCUT2D eigenvalue weighted by atomic mass is 16.5. The van der Waals surface area contributed by atoms with Crippen molar-refractivity contribution in [1.82, 2.24) is 5.16 Å². The van der Waals surface area contributed by atoms with E-state index in [9.17, 15) is 0 Å². The van der Waals surface area contributed by atoms with E-state index < -0.39 is 0 Å². The average Bonchev–Trinajstić information content (AvgIpc) is 2.85. The minimum atomic E-state index is 0.00214. The zero-order valence-corrected chi connectivity index (χ0v) is 10.1. The van der Waals surface area contributed by atoms with Crippen LogP contribution in [0.1, 0.15) is 23.7 Å². The van der Waals surface area contributed by atoms with Gasteiger partial charge in [0.15, 0.2) is 0 Å². The Bertz CT molecular complexity index is 523. The molecule has 1 aromatic heterocycles. The molecule has 0 amide bonds. The Labute approximate surface area is 106 Å². The summed E-state index contributed by atoms with van der Waals surface area (Å²) in [6, 6.07) is 6.25. The lowest BCUT2D eigenvalue weighted by Crippen LogP contribution is -2.16. The van der Waals surface area contributed by atoms with Crippen LogP contribution in [0.2, 0.25) is 0 Å². The molecule has 0 saturated carbocycles. The topological polar surface area (TPSA) is 61.3 Å². The normalized spacial score (nSPS) is 19.3. The molecule has 94 valence electrons. The van der Waals surface area contributed by atoms with E-state index in [1.807, 2.05) is 6.07 Å². The SMILES string of the molecule is NCC1OCCCc2c(-c3cnoc3)cccc21. The number of hydrogen-bond donors (Lipinski definition) is 1. The quantitative estimate of drug-likeness (QED) is 0.880. The second-order valence-electron chi connectivity index (χ2n) is 4.49. The fraction of sp³-hybridized carbons (Fsp3) is 0.357. The minimum Gasteiger partial charge on any atom is -0.372 e. The number of hydrogen-bond acceptors (Lipinski definition) is 4. The van der Waals surface area contributed by atoms with Gasteiger partial charge < -0.3 is 15.0 Å². The molecule has 2 aromatic rings. The van der Waals surface area contributed by atoms with Gasteiger partial charge in [0.05, 0.1) is 12.3 Å². The van der Waals surface area contributed by atoms with E-state index in [1.165, 1.54) is 16.7 Å². The van der Waals surface area contributed by atoms with Crippen molar-refractivity contribution in [3.63, 3.8) is 0 Å². The molecule has 1 aliphatic rings. The molecule has 18 heavy (non-hydrogen) atoms. The lowest BCUT2D eigenvalue weighted by molar-refractivity contribution is 0.0627. The van der Waals surface area contributed by atoms with Gasteiger partial charge in [-0.05, 0) is 29.5 Å². The molecule has 2 heterocycles. The molecule has 1 aromatic carbocycles. The predicted molar refractivity (Wildman–Crippen MR) is 68.0 cm³/mol.